The highest BCUT2D eigenvalue weighted by Gasteiger charge is 2.20. The second kappa shape index (κ2) is 6.83. The van der Waals surface area contributed by atoms with Crippen LogP contribution in [0.4, 0.5) is 0 Å². The lowest BCUT2D eigenvalue weighted by atomic mass is 10.1. The Kier molecular flexibility index (Phi) is 4.62. The Morgan fingerprint density at radius 1 is 1.22 bits per heavy atom. The Hall–Kier alpha value is -2.34. The quantitative estimate of drug-likeness (QED) is 0.497. The Bertz CT molecular complexity index is 779. The van der Waals surface area contributed by atoms with E-state index in [1.807, 2.05) is 31.2 Å². The molecule has 0 saturated carbocycles. The fraction of sp³-hybridized carbons (Fsp3) is 0.235. The van der Waals surface area contributed by atoms with Gasteiger partial charge in [0.15, 0.2) is 11.5 Å². The number of carbonyl (C=O) groups excluding carboxylic acids is 1. The Morgan fingerprint density at radius 2 is 2.00 bits per heavy atom. The number of nitrogens with zero attached hydrogens (tertiary/aromatic N) is 2. The van der Waals surface area contributed by atoms with E-state index in [1.165, 1.54) is 17.3 Å². The highest BCUT2D eigenvalue weighted by atomic mass is 32.2. The number of aromatic nitrogens is 2. The van der Waals surface area contributed by atoms with Crippen molar-refractivity contribution >= 4 is 17.5 Å². The molecular weight excluding hydrogens is 312 g/mol. The normalized spacial score (nSPS) is 12.3. The zero-order valence-electron chi connectivity index (χ0n) is 12.9. The molecule has 0 spiro atoms. The van der Waals surface area contributed by atoms with Crippen molar-refractivity contribution in [1.29, 1.82) is 0 Å². The number of hydrogen-bond donors (Lipinski definition) is 0. The third kappa shape index (κ3) is 3.53. The number of aryl methyl sites for hydroxylation is 1. The van der Waals surface area contributed by atoms with E-state index in [1.54, 1.807) is 18.4 Å². The molecule has 3 rings (SSSR count). The minimum atomic E-state index is -0.313. The Balaban J connectivity index is 1.68. The summed E-state index contributed by atoms with van der Waals surface area (Å²) in [5.41, 5.74) is 1.90. The van der Waals surface area contributed by atoms with Gasteiger partial charge in [-0.2, -0.15) is 0 Å². The van der Waals surface area contributed by atoms with Gasteiger partial charge in [0.05, 0.1) is 11.5 Å². The molecule has 6 heteroatoms. The van der Waals surface area contributed by atoms with Crippen LogP contribution in [0, 0.1) is 0 Å². The largest absolute Gasteiger partial charge is 0.459 e. The van der Waals surface area contributed by atoms with Crippen LogP contribution in [-0.4, -0.2) is 21.2 Å². The van der Waals surface area contributed by atoms with Crippen molar-refractivity contribution in [1.82, 2.24) is 10.2 Å². The molecule has 118 valence electrons. The number of thioether (sulfide) groups is 1. The van der Waals surface area contributed by atoms with Crippen LogP contribution >= 0.6 is 11.8 Å². The van der Waals surface area contributed by atoms with Crippen LogP contribution in [0.1, 0.15) is 29.8 Å². The maximum atomic E-state index is 12.5. The van der Waals surface area contributed by atoms with Gasteiger partial charge >= 0.3 is 0 Å². The molecule has 0 saturated heterocycles. The fourth-order valence-corrected chi connectivity index (χ4v) is 2.86. The maximum Gasteiger partial charge on any atom is 0.284 e. The summed E-state index contributed by atoms with van der Waals surface area (Å²) < 4.78 is 10.7. The van der Waals surface area contributed by atoms with Crippen molar-refractivity contribution in [3.05, 3.63) is 53.8 Å². The van der Waals surface area contributed by atoms with Crippen molar-refractivity contribution < 1.29 is 13.6 Å². The summed E-state index contributed by atoms with van der Waals surface area (Å²) in [5.74, 6) is 0.860. The first-order valence-corrected chi connectivity index (χ1v) is 8.22. The van der Waals surface area contributed by atoms with E-state index in [4.69, 9.17) is 8.83 Å². The monoisotopic (exact) mass is 328 g/mol. The fourth-order valence-electron chi connectivity index (χ4n) is 2.10. The average Bonchev–Trinajstić information content (AvgIpc) is 3.25. The molecule has 1 atom stereocenters. The molecule has 0 fully saturated rings. The zero-order valence-corrected chi connectivity index (χ0v) is 13.7. The summed E-state index contributed by atoms with van der Waals surface area (Å²) in [5, 5.41) is 7.91. The summed E-state index contributed by atoms with van der Waals surface area (Å²) in [6.45, 7) is 3.92. The molecule has 0 aliphatic carbocycles. The minimum absolute atomic E-state index is 0.0374. The molecule has 0 unspecified atom stereocenters. The predicted molar refractivity (Wildman–Crippen MR) is 87.5 cm³/mol. The van der Waals surface area contributed by atoms with Crippen LogP contribution in [0.25, 0.3) is 11.7 Å². The molecule has 0 bridgehead atoms. The molecule has 0 aliphatic rings. The first-order chi connectivity index (χ1) is 11.2. The van der Waals surface area contributed by atoms with E-state index in [9.17, 15) is 4.79 Å². The summed E-state index contributed by atoms with van der Waals surface area (Å²) in [6, 6.07) is 11.2. The molecule has 5 nitrogen and oxygen atoms in total. The number of furan rings is 1. The summed E-state index contributed by atoms with van der Waals surface area (Å²) in [7, 11) is 0. The van der Waals surface area contributed by atoms with E-state index in [2.05, 4.69) is 17.1 Å². The van der Waals surface area contributed by atoms with Crippen LogP contribution in [-0.2, 0) is 6.42 Å². The van der Waals surface area contributed by atoms with Crippen molar-refractivity contribution in [3.63, 3.8) is 0 Å². The Labute approximate surface area is 138 Å². The van der Waals surface area contributed by atoms with Crippen LogP contribution in [0.2, 0.25) is 0 Å². The first-order valence-electron chi connectivity index (χ1n) is 7.34. The topological polar surface area (TPSA) is 69.1 Å². The van der Waals surface area contributed by atoms with Gasteiger partial charge in [-0.05, 0) is 31.0 Å². The second-order valence-corrected chi connectivity index (χ2v) is 6.32. The molecule has 3 aromatic rings. The number of benzene rings is 1. The molecule has 1 aromatic carbocycles. The van der Waals surface area contributed by atoms with E-state index in [-0.39, 0.29) is 11.0 Å². The lowest BCUT2D eigenvalue weighted by Crippen LogP contribution is -2.13. The third-order valence-electron chi connectivity index (χ3n) is 3.43. The molecule has 23 heavy (non-hydrogen) atoms. The second-order valence-electron chi connectivity index (χ2n) is 5.03. The van der Waals surface area contributed by atoms with Crippen molar-refractivity contribution in [2.75, 3.05) is 0 Å². The highest BCUT2D eigenvalue weighted by Crippen LogP contribution is 2.27. The summed E-state index contributed by atoms with van der Waals surface area (Å²) >= 11 is 1.24. The molecule has 0 amide bonds. The lowest BCUT2D eigenvalue weighted by molar-refractivity contribution is 0.0993. The van der Waals surface area contributed by atoms with Crippen molar-refractivity contribution in [2.24, 2.45) is 0 Å². The van der Waals surface area contributed by atoms with Gasteiger partial charge in [-0.1, -0.05) is 43.0 Å². The van der Waals surface area contributed by atoms with Gasteiger partial charge in [-0.15, -0.1) is 10.2 Å². The molecule has 2 aromatic heterocycles. The smallest absolute Gasteiger partial charge is 0.284 e. The number of hydrogen-bond acceptors (Lipinski definition) is 6. The summed E-state index contributed by atoms with van der Waals surface area (Å²) in [6.07, 6.45) is 2.49. The van der Waals surface area contributed by atoms with E-state index < -0.39 is 0 Å². The zero-order chi connectivity index (χ0) is 16.2. The Morgan fingerprint density at radius 3 is 2.65 bits per heavy atom. The summed E-state index contributed by atoms with van der Waals surface area (Å²) in [4.78, 5) is 12.5. The van der Waals surface area contributed by atoms with E-state index in [0.717, 1.165) is 6.42 Å². The van der Waals surface area contributed by atoms with E-state index >= 15 is 0 Å². The first kappa shape index (κ1) is 15.6. The average molecular weight is 328 g/mol. The van der Waals surface area contributed by atoms with Gasteiger partial charge in [0.2, 0.25) is 0 Å². The van der Waals surface area contributed by atoms with Crippen molar-refractivity contribution in [3.8, 4) is 11.7 Å². The lowest BCUT2D eigenvalue weighted by Gasteiger charge is -2.07. The highest BCUT2D eigenvalue weighted by molar-refractivity contribution is 8.00. The van der Waals surface area contributed by atoms with Crippen LogP contribution in [0.15, 0.2) is 56.7 Å². The molecule has 0 aliphatic heterocycles. The van der Waals surface area contributed by atoms with Crippen LogP contribution in [0.3, 0.4) is 0 Å². The number of ketones is 1. The SMILES string of the molecule is CCc1ccc(C(=O)[C@@H](C)Sc2nnc(-c3ccco3)o2)cc1. The van der Waals surface area contributed by atoms with Crippen LogP contribution in [0.5, 0.6) is 0 Å². The van der Waals surface area contributed by atoms with Gasteiger partial charge in [0.25, 0.3) is 11.1 Å². The van der Waals surface area contributed by atoms with Gasteiger partial charge in [0, 0.05) is 5.56 Å². The molecule has 0 radical (unpaired) electrons. The minimum Gasteiger partial charge on any atom is -0.459 e. The number of rotatable bonds is 6. The third-order valence-corrected chi connectivity index (χ3v) is 4.37. The van der Waals surface area contributed by atoms with Crippen molar-refractivity contribution in [2.45, 2.75) is 30.7 Å². The maximum absolute atomic E-state index is 12.5. The molecule has 0 N–H and O–H groups in total. The predicted octanol–water partition coefficient (Wildman–Crippen LogP) is 4.26. The molecule has 2 heterocycles. The van der Waals surface area contributed by atoms with Gasteiger partial charge in [0.1, 0.15) is 0 Å². The molecular formula is C17H16N2O3S. The van der Waals surface area contributed by atoms with Gasteiger partial charge in [-0.3, -0.25) is 4.79 Å². The number of carbonyl (C=O) groups is 1. The van der Waals surface area contributed by atoms with E-state index in [0.29, 0.717) is 22.4 Å². The number of Topliss-reactive ketones (excluding diaryl/α,β-unsaturated/α-hetero) is 1. The standard InChI is InChI=1S/C17H16N2O3S/c1-3-12-6-8-13(9-7-12)15(20)11(2)23-17-19-18-16(22-17)14-5-4-10-21-14/h4-11H,3H2,1-2H3/t11-/m1/s1. The van der Waals surface area contributed by atoms with Gasteiger partial charge < -0.3 is 8.83 Å². The van der Waals surface area contributed by atoms with Gasteiger partial charge in [-0.25, -0.2) is 0 Å². The van der Waals surface area contributed by atoms with Crippen LogP contribution < -0.4 is 0 Å².